The summed E-state index contributed by atoms with van der Waals surface area (Å²) >= 11 is 0. The molecule has 0 fully saturated rings. The lowest BCUT2D eigenvalue weighted by Crippen LogP contribution is -2.20. The number of nitrogens with one attached hydrogen (secondary N) is 1. The van der Waals surface area contributed by atoms with Crippen molar-refractivity contribution in [1.82, 2.24) is 9.88 Å². The molecule has 1 N–H and O–H groups in total. The number of fused-ring (bicyclic) bond motifs is 1. The smallest absolute Gasteiger partial charge is 0.370 e. The van der Waals surface area contributed by atoms with Gasteiger partial charge in [-0.2, -0.15) is 13.2 Å². The number of aromatic nitrogens is 1. The van der Waals surface area contributed by atoms with Gasteiger partial charge in [-0.15, -0.1) is 0 Å². The highest BCUT2D eigenvalue weighted by atomic mass is 19.4. The van der Waals surface area contributed by atoms with Crippen LogP contribution in [0.2, 0.25) is 0 Å². The lowest BCUT2D eigenvalue weighted by atomic mass is 10.2. The summed E-state index contributed by atoms with van der Waals surface area (Å²) in [6.07, 6.45) is -4.27. The Morgan fingerprint density at radius 3 is 2.71 bits per heavy atom. The molecule has 1 aromatic heterocycles. The summed E-state index contributed by atoms with van der Waals surface area (Å²) in [6.45, 7) is 2.78. The maximum Gasteiger partial charge on any atom is 0.411 e. The van der Waals surface area contributed by atoms with E-state index in [1.54, 1.807) is 0 Å². The van der Waals surface area contributed by atoms with Crippen LogP contribution in [-0.2, 0) is 17.8 Å². The van der Waals surface area contributed by atoms with Crippen LogP contribution >= 0.6 is 0 Å². The minimum Gasteiger partial charge on any atom is -0.370 e. The van der Waals surface area contributed by atoms with Crippen molar-refractivity contribution in [1.29, 1.82) is 0 Å². The molecule has 2 aromatic rings. The van der Waals surface area contributed by atoms with Gasteiger partial charge in [-0.05, 0) is 24.1 Å². The van der Waals surface area contributed by atoms with Crippen molar-refractivity contribution in [3.8, 4) is 0 Å². The average molecular weight is 300 g/mol. The topological polar surface area (TPSA) is 26.2 Å². The van der Waals surface area contributed by atoms with Gasteiger partial charge in [0.05, 0.1) is 6.61 Å². The summed E-state index contributed by atoms with van der Waals surface area (Å²) in [7, 11) is 0. The van der Waals surface area contributed by atoms with Crippen LogP contribution in [0.5, 0.6) is 0 Å². The molecule has 2 rings (SSSR count). The standard InChI is InChI=1S/C15H19F3N2O/c1-2-19-10-13-9-12-5-3-4-6-14(12)20(13)7-8-21-11-15(16,17)18/h3-6,9,19H,2,7-8,10-11H2,1H3. The van der Waals surface area contributed by atoms with Crippen LogP contribution in [-0.4, -0.2) is 30.5 Å². The number of rotatable bonds is 7. The van der Waals surface area contributed by atoms with Crippen LogP contribution < -0.4 is 5.32 Å². The van der Waals surface area contributed by atoms with Crippen LogP contribution in [0, 0.1) is 0 Å². The molecule has 0 spiro atoms. The van der Waals surface area contributed by atoms with E-state index >= 15 is 0 Å². The highest BCUT2D eigenvalue weighted by molar-refractivity contribution is 5.81. The molecule has 0 atom stereocenters. The summed E-state index contributed by atoms with van der Waals surface area (Å²) in [5, 5.41) is 4.32. The van der Waals surface area contributed by atoms with Crippen LogP contribution in [0.25, 0.3) is 10.9 Å². The third kappa shape index (κ3) is 4.47. The van der Waals surface area contributed by atoms with Gasteiger partial charge in [-0.3, -0.25) is 0 Å². The molecule has 21 heavy (non-hydrogen) atoms. The van der Waals surface area contributed by atoms with E-state index in [4.69, 9.17) is 4.74 Å². The van der Waals surface area contributed by atoms with Gasteiger partial charge in [0, 0.05) is 24.3 Å². The van der Waals surface area contributed by atoms with Crippen molar-refractivity contribution >= 4 is 10.9 Å². The molecule has 0 bridgehead atoms. The summed E-state index contributed by atoms with van der Waals surface area (Å²) in [5.41, 5.74) is 2.06. The van der Waals surface area contributed by atoms with Gasteiger partial charge in [-0.25, -0.2) is 0 Å². The number of para-hydroxylation sites is 1. The van der Waals surface area contributed by atoms with Gasteiger partial charge in [-0.1, -0.05) is 25.1 Å². The molecule has 0 aliphatic rings. The molecule has 0 saturated carbocycles. The highest BCUT2D eigenvalue weighted by Gasteiger charge is 2.27. The van der Waals surface area contributed by atoms with Crippen molar-refractivity contribution in [2.24, 2.45) is 0 Å². The minimum atomic E-state index is -4.27. The number of benzene rings is 1. The van der Waals surface area contributed by atoms with E-state index in [2.05, 4.69) is 11.4 Å². The summed E-state index contributed by atoms with van der Waals surface area (Å²) in [5.74, 6) is 0. The van der Waals surface area contributed by atoms with E-state index < -0.39 is 12.8 Å². The lowest BCUT2D eigenvalue weighted by Gasteiger charge is -2.12. The van der Waals surface area contributed by atoms with E-state index in [1.807, 2.05) is 35.8 Å². The van der Waals surface area contributed by atoms with Gasteiger partial charge in [0.15, 0.2) is 0 Å². The van der Waals surface area contributed by atoms with E-state index in [9.17, 15) is 13.2 Å². The molecule has 6 heteroatoms. The fraction of sp³-hybridized carbons (Fsp3) is 0.467. The van der Waals surface area contributed by atoms with Crippen LogP contribution in [0.1, 0.15) is 12.6 Å². The van der Waals surface area contributed by atoms with Crippen molar-refractivity contribution in [3.63, 3.8) is 0 Å². The fourth-order valence-electron chi connectivity index (χ4n) is 2.27. The summed E-state index contributed by atoms with van der Waals surface area (Å²) in [6, 6.07) is 9.89. The maximum absolute atomic E-state index is 12.1. The first kappa shape index (κ1) is 15.9. The number of nitrogens with zero attached hydrogens (tertiary/aromatic N) is 1. The van der Waals surface area contributed by atoms with Crippen molar-refractivity contribution < 1.29 is 17.9 Å². The molecule has 0 radical (unpaired) electrons. The Labute approximate surface area is 121 Å². The second-order valence-electron chi connectivity index (χ2n) is 4.79. The van der Waals surface area contributed by atoms with Crippen molar-refractivity contribution in [2.75, 3.05) is 19.8 Å². The molecule has 0 aliphatic carbocycles. The number of hydrogen-bond acceptors (Lipinski definition) is 2. The average Bonchev–Trinajstić information content (AvgIpc) is 2.78. The summed E-state index contributed by atoms with van der Waals surface area (Å²) in [4.78, 5) is 0. The molecule has 116 valence electrons. The Hall–Kier alpha value is -1.53. The predicted octanol–water partition coefficient (Wildman–Crippen LogP) is 3.33. The molecule has 0 unspecified atom stereocenters. The zero-order valence-corrected chi connectivity index (χ0v) is 11.9. The summed E-state index contributed by atoms with van der Waals surface area (Å²) < 4.78 is 43.0. The lowest BCUT2D eigenvalue weighted by molar-refractivity contribution is -0.174. The van der Waals surface area contributed by atoms with Gasteiger partial charge in [0.1, 0.15) is 6.61 Å². The van der Waals surface area contributed by atoms with Crippen LogP contribution in [0.4, 0.5) is 13.2 Å². The van der Waals surface area contributed by atoms with Crippen LogP contribution in [0.15, 0.2) is 30.3 Å². The molecular formula is C15H19F3N2O. The molecule has 0 amide bonds. The molecule has 0 aliphatic heterocycles. The largest absolute Gasteiger partial charge is 0.411 e. The third-order valence-corrected chi connectivity index (χ3v) is 3.18. The first-order valence-electron chi connectivity index (χ1n) is 6.93. The Bertz CT molecular complexity index is 578. The van der Waals surface area contributed by atoms with Gasteiger partial charge in [0.2, 0.25) is 0 Å². The number of ether oxygens (including phenoxy) is 1. The maximum atomic E-state index is 12.1. The normalized spacial score (nSPS) is 12.2. The number of halogens is 3. The fourth-order valence-corrected chi connectivity index (χ4v) is 2.27. The predicted molar refractivity (Wildman–Crippen MR) is 76.2 cm³/mol. The SMILES string of the molecule is CCNCc1cc2ccccc2n1CCOCC(F)(F)F. The number of hydrogen-bond donors (Lipinski definition) is 1. The molecule has 3 nitrogen and oxygen atoms in total. The van der Waals surface area contributed by atoms with Gasteiger partial charge in [0.25, 0.3) is 0 Å². The molecular weight excluding hydrogens is 281 g/mol. The highest BCUT2D eigenvalue weighted by Crippen LogP contribution is 2.20. The zero-order chi connectivity index (χ0) is 15.3. The first-order valence-corrected chi connectivity index (χ1v) is 6.93. The second kappa shape index (κ2) is 6.95. The Balaban J connectivity index is 2.08. The van der Waals surface area contributed by atoms with E-state index in [0.717, 1.165) is 23.1 Å². The minimum absolute atomic E-state index is 0.0390. The van der Waals surface area contributed by atoms with Gasteiger partial charge < -0.3 is 14.6 Å². The van der Waals surface area contributed by atoms with E-state index in [0.29, 0.717) is 13.1 Å². The molecule has 1 aromatic carbocycles. The Kier molecular flexibility index (Phi) is 5.25. The molecule has 1 heterocycles. The monoisotopic (exact) mass is 300 g/mol. The Morgan fingerprint density at radius 1 is 1.24 bits per heavy atom. The number of alkyl halides is 3. The first-order chi connectivity index (χ1) is 10.0. The van der Waals surface area contributed by atoms with E-state index in [-0.39, 0.29) is 6.61 Å². The Morgan fingerprint density at radius 2 is 2.00 bits per heavy atom. The third-order valence-electron chi connectivity index (χ3n) is 3.18. The quantitative estimate of drug-likeness (QED) is 0.794. The molecule has 0 saturated heterocycles. The zero-order valence-electron chi connectivity index (χ0n) is 11.9. The second-order valence-corrected chi connectivity index (χ2v) is 4.79. The van der Waals surface area contributed by atoms with Crippen molar-refractivity contribution in [2.45, 2.75) is 26.2 Å². The van der Waals surface area contributed by atoms with Crippen LogP contribution in [0.3, 0.4) is 0 Å². The van der Waals surface area contributed by atoms with Gasteiger partial charge >= 0.3 is 6.18 Å². The van der Waals surface area contributed by atoms with Crippen molar-refractivity contribution in [3.05, 3.63) is 36.0 Å². The van der Waals surface area contributed by atoms with E-state index in [1.165, 1.54) is 0 Å².